The summed E-state index contributed by atoms with van der Waals surface area (Å²) in [5.41, 5.74) is 0.438. The first-order valence-electron chi connectivity index (χ1n) is 8.01. The Kier molecular flexibility index (Phi) is 3.40. The fourth-order valence-corrected chi connectivity index (χ4v) is 5.88. The third-order valence-corrected chi connectivity index (χ3v) is 7.44. The second-order valence-corrected chi connectivity index (χ2v) is 9.06. The molecule has 0 aliphatic carbocycles. The normalized spacial score (nSPS) is 31.6. The van der Waals surface area contributed by atoms with E-state index in [-0.39, 0.29) is 11.1 Å². The molecule has 8 nitrogen and oxygen atoms in total. The second-order valence-electron chi connectivity index (χ2n) is 6.93. The maximum absolute atomic E-state index is 13.0. The predicted molar refractivity (Wildman–Crippen MR) is 89.4 cm³/mol. The van der Waals surface area contributed by atoms with Gasteiger partial charge in [0.15, 0.2) is 6.04 Å². The van der Waals surface area contributed by atoms with Crippen LogP contribution in [0.15, 0.2) is 24.3 Å². The average molecular weight is 376 g/mol. The highest BCUT2D eigenvalue weighted by Gasteiger charge is 2.71. The van der Waals surface area contributed by atoms with E-state index in [0.29, 0.717) is 0 Å². The molecule has 0 bridgehead atoms. The lowest BCUT2D eigenvalue weighted by atomic mass is 9.95. The predicted octanol–water partition coefficient (Wildman–Crippen LogP) is -0.0980. The van der Waals surface area contributed by atoms with Crippen LogP contribution in [0.5, 0.6) is 0 Å². The van der Waals surface area contributed by atoms with Crippen LogP contribution in [-0.4, -0.2) is 67.0 Å². The van der Waals surface area contributed by atoms with Gasteiger partial charge in [-0.25, -0.2) is 4.79 Å². The highest BCUT2D eigenvalue weighted by Crippen LogP contribution is 2.46. The van der Waals surface area contributed by atoms with Crippen molar-refractivity contribution in [2.75, 3.05) is 7.11 Å². The molecule has 0 saturated carbocycles. The van der Waals surface area contributed by atoms with Gasteiger partial charge in [0, 0.05) is 0 Å². The van der Waals surface area contributed by atoms with Crippen LogP contribution < -0.4 is 0 Å². The molecule has 3 aliphatic heterocycles. The molecule has 2 fully saturated rings. The molecule has 0 spiro atoms. The van der Waals surface area contributed by atoms with Gasteiger partial charge in [-0.05, 0) is 26.0 Å². The van der Waals surface area contributed by atoms with E-state index in [1.807, 2.05) is 0 Å². The quantitative estimate of drug-likeness (QED) is 0.406. The zero-order valence-electron chi connectivity index (χ0n) is 14.3. The Hall–Kier alpha value is -2.55. The summed E-state index contributed by atoms with van der Waals surface area (Å²) in [6, 6.07) is 4.11. The van der Waals surface area contributed by atoms with Crippen LogP contribution in [0.4, 0.5) is 0 Å². The molecule has 26 heavy (non-hydrogen) atoms. The van der Waals surface area contributed by atoms with Crippen LogP contribution in [-0.2, 0) is 25.1 Å². The number of esters is 1. The van der Waals surface area contributed by atoms with Gasteiger partial charge in [-0.2, -0.15) is 0 Å². The number of hydrogen-bond acceptors (Lipinski definition) is 6. The van der Waals surface area contributed by atoms with Gasteiger partial charge in [0.05, 0.1) is 33.8 Å². The summed E-state index contributed by atoms with van der Waals surface area (Å²) in [5, 5.41) is -0.913. The number of carbonyl (C=O) groups excluding carboxylic acids is 4. The van der Waals surface area contributed by atoms with Crippen LogP contribution in [0.25, 0.3) is 0 Å². The lowest BCUT2D eigenvalue weighted by Crippen LogP contribution is -2.72. The Morgan fingerprint density at radius 3 is 2.15 bits per heavy atom. The minimum atomic E-state index is -1.66. The van der Waals surface area contributed by atoms with Gasteiger partial charge in [0.1, 0.15) is 11.4 Å². The highest BCUT2D eigenvalue weighted by atomic mass is 32.2. The van der Waals surface area contributed by atoms with Crippen LogP contribution in [0.1, 0.15) is 34.6 Å². The molecule has 2 saturated heterocycles. The Balaban J connectivity index is 1.73. The van der Waals surface area contributed by atoms with Crippen molar-refractivity contribution in [3.63, 3.8) is 0 Å². The first-order chi connectivity index (χ1) is 12.2. The number of fused-ring (bicyclic) bond motifs is 2. The summed E-state index contributed by atoms with van der Waals surface area (Å²) < 4.78 is 16.7. The summed E-state index contributed by atoms with van der Waals surface area (Å²) in [6.45, 7) is 3.21. The lowest BCUT2D eigenvalue weighted by Gasteiger charge is -2.45. The van der Waals surface area contributed by atoms with Crippen molar-refractivity contribution in [3.8, 4) is 0 Å². The summed E-state index contributed by atoms with van der Waals surface area (Å²) >= 11 is 0. The summed E-state index contributed by atoms with van der Waals surface area (Å²) in [7, 11) is -0.462. The van der Waals surface area contributed by atoms with Crippen molar-refractivity contribution in [1.29, 1.82) is 0 Å². The molecular weight excluding hydrogens is 360 g/mol. The van der Waals surface area contributed by atoms with Gasteiger partial charge in [0.2, 0.25) is 0 Å². The maximum Gasteiger partial charge on any atom is 0.330 e. The molecule has 2 unspecified atom stereocenters. The molecule has 0 radical (unpaired) electrons. The van der Waals surface area contributed by atoms with Crippen molar-refractivity contribution in [2.24, 2.45) is 0 Å². The molecule has 3 aliphatic rings. The molecule has 3 amide bonds. The summed E-state index contributed by atoms with van der Waals surface area (Å²) in [5.74, 6) is -2.40. The van der Waals surface area contributed by atoms with Crippen LogP contribution in [0.2, 0.25) is 0 Å². The number of hydrogen-bond donors (Lipinski definition) is 0. The molecular formula is C17H16N2O6S. The number of carbonyl (C=O) groups is 4. The van der Waals surface area contributed by atoms with E-state index in [1.165, 1.54) is 24.1 Å². The first-order valence-corrected chi connectivity index (χ1v) is 9.22. The maximum atomic E-state index is 13.0. The first kappa shape index (κ1) is 16.9. The topological polar surface area (TPSA) is 101 Å². The van der Waals surface area contributed by atoms with Gasteiger partial charge in [-0.3, -0.25) is 23.5 Å². The number of nitrogens with zero attached hydrogens (tertiary/aromatic N) is 2. The van der Waals surface area contributed by atoms with E-state index in [0.717, 1.165) is 4.90 Å². The molecule has 1 aromatic rings. The number of β-lactam (4-membered cyclic amide) rings is 1. The molecule has 136 valence electrons. The van der Waals surface area contributed by atoms with Gasteiger partial charge in [-0.15, -0.1) is 0 Å². The van der Waals surface area contributed by atoms with E-state index in [1.54, 1.807) is 26.0 Å². The minimum absolute atomic E-state index is 0.219. The molecule has 4 atom stereocenters. The van der Waals surface area contributed by atoms with Gasteiger partial charge in [-0.1, -0.05) is 12.1 Å². The summed E-state index contributed by atoms with van der Waals surface area (Å²) in [6.07, 6.45) is 0. The van der Waals surface area contributed by atoms with Crippen LogP contribution >= 0.6 is 0 Å². The largest absolute Gasteiger partial charge is 0.467 e. The Bertz CT molecular complexity index is 875. The smallest absolute Gasteiger partial charge is 0.330 e. The van der Waals surface area contributed by atoms with E-state index in [2.05, 4.69) is 0 Å². The van der Waals surface area contributed by atoms with E-state index < -0.39 is 56.7 Å². The van der Waals surface area contributed by atoms with Crippen molar-refractivity contribution < 1.29 is 28.1 Å². The third-order valence-electron chi connectivity index (χ3n) is 5.25. The zero-order chi connectivity index (χ0) is 19.0. The number of amides is 3. The average Bonchev–Trinajstić information content (AvgIpc) is 2.97. The Morgan fingerprint density at radius 2 is 1.65 bits per heavy atom. The van der Waals surface area contributed by atoms with Crippen molar-refractivity contribution >= 4 is 34.5 Å². The van der Waals surface area contributed by atoms with Gasteiger partial charge in [0.25, 0.3) is 17.7 Å². The monoisotopic (exact) mass is 376 g/mol. The van der Waals surface area contributed by atoms with Gasteiger partial charge >= 0.3 is 5.97 Å². The zero-order valence-corrected chi connectivity index (χ0v) is 15.1. The number of imide groups is 1. The minimum Gasteiger partial charge on any atom is -0.467 e. The molecule has 4 rings (SSSR count). The van der Waals surface area contributed by atoms with Crippen molar-refractivity contribution in [2.45, 2.75) is 36.1 Å². The fourth-order valence-electron chi connectivity index (χ4n) is 3.93. The van der Waals surface area contributed by atoms with Crippen molar-refractivity contribution in [1.82, 2.24) is 9.80 Å². The van der Waals surface area contributed by atoms with Crippen molar-refractivity contribution in [3.05, 3.63) is 35.4 Å². The van der Waals surface area contributed by atoms with Gasteiger partial charge < -0.3 is 9.64 Å². The number of methoxy groups -OCH3 is 1. The second kappa shape index (κ2) is 5.23. The molecule has 9 heteroatoms. The fraction of sp³-hybridized carbons (Fsp3) is 0.412. The number of benzene rings is 1. The van der Waals surface area contributed by atoms with E-state index in [9.17, 15) is 23.4 Å². The van der Waals surface area contributed by atoms with Crippen LogP contribution in [0, 0.1) is 0 Å². The Morgan fingerprint density at radius 1 is 1.12 bits per heavy atom. The standard InChI is InChI=1S/C17H16N2O6S/c1-17(2)11(16(23)25-3)19-14(22)10(15(19)26(17)24)18-12(20)8-6-4-5-7-9(8)13(18)21/h4-7,10-11,15H,1-3H3/t10-,11?,15+,26?/m1/s1. The number of rotatable bonds is 2. The molecule has 0 N–H and O–H groups in total. The third kappa shape index (κ3) is 1.81. The van der Waals surface area contributed by atoms with E-state index in [4.69, 9.17) is 4.74 Å². The number of ether oxygens (including phenoxy) is 1. The molecule has 1 aromatic carbocycles. The lowest BCUT2D eigenvalue weighted by molar-refractivity contribution is -0.164. The molecule has 3 heterocycles. The molecule has 0 aromatic heterocycles. The Labute approximate surface area is 151 Å². The van der Waals surface area contributed by atoms with Crippen LogP contribution in [0.3, 0.4) is 0 Å². The highest BCUT2D eigenvalue weighted by molar-refractivity contribution is 7.87. The van der Waals surface area contributed by atoms with E-state index >= 15 is 0 Å². The SMILES string of the molecule is COC(=O)C1N2C(=O)[C@@H](N3C(=O)c4ccccc4C3=O)[C@@H]2S(=O)C1(C)C. The summed E-state index contributed by atoms with van der Waals surface area (Å²) in [4.78, 5) is 52.3.